The van der Waals surface area contributed by atoms with Gasteiger partial charge in [0.2, 0.25) is 0 Å². The average Bonchev–Trinajstić information content (AvgIpc) is 3.07. The largest absolute Gasteiger partial charge is 0.417 e. The molecule has 3 rings (SSSR count). The molecule has 0 aliphatic carbocycles. The predicted octanol–water partition coefficient (Wildman–Crippen LogP) is 2.17. The first-order valence-corrected chi connectivity index (χ1v) is 9.68. The SMILES string of the molecule is C[C@@H](O[C@H](C1O[C@@H]2SC(N(C)C)=N[C@@H]2[C@@H](O)[C@@H]1O)C(F)(F)F)c1ccccc1. The summed E-state index contributed by atoms with van der Waals surface area (Å²) in [6.07, 6.45) is -13.1. The van der Waals surface area contributed by atoms with Gasteiger partial charge in [0.1, 0.15) is 29.8 Å². The highest BCUT2D eigenvalue weighted by molar-refractivity contribution is 8.14. The van der Waals surface area contributed by atoms with Gasteiger partial charge in [-0.15, -0.1) is 0 Å². The van der Waals surface area contributed by atoms with Gasteiger partial charge in [-0.25, -0.2) is 0 Å². The number of amidine groups is 1. The summed E-state index contributed by atoms with van der Waals surface area (Å²) < 4.78 is 52.2. The summed E-state index contributed by atoms with van der Waals surface area (Å²) in [5.74, 6) is 0. The molecule has 1 aromatic carbocycles. The van der Waals surface area contributed by atoms with E-state index in [1.165, 1.54) is 6.92 Å². The first kappa shape index (κ1) is 21.4. The van der Waals surface area contributed by atoms with E-state index in [0.717, 1.165) is 11.8 Å². The molecule has 10 heteroatoms. The third-order valence-corrected chi connectivity index (χ3v) is 6.01. The van der Waals surface area contributed by atoms with E-state index in [2.05, 4.69) is 4.99 Å². The van der Waals surface area contributed by atoms with Gasteiger partial charge in [0, 0.05) is 14.1 Å². The number of ether oxygens (including phenoxy) is 2. The normalized spacial score (nSPS) is 32.4. The van der Waals surface area contributed by atoms with Gasteiger partial charge >= 0.3 is 6.18 Å². The molecule has 2 heterocycles. The maximum atomic E-state index is 13.8. The Bertz CT molecular complexity index is 704. The number of benzene rings is 1. The molecule has 0 amide bonds. The fraction of sp³-hybridized carbons (Fsp3) is 0.611. The molecule has 28 heavy (non-hydrogen) atoms. The second-order valence-electron chi connectivity index (χ2n) is 7.02. The summed E-state index contributed by atoms with van der Waals surface area (Å²) >= 11 is 1.12. The molecule has 0 spiro atoms. The summed E-state index contributed by atoms with van der Waals surface area (Å²) in [7, 11) is 3.46. The Morgan fingerprint density at radius 2 is 1.82 bits per heavy atom. The van der Waals surface area contributed by atoms with Crippen LogP contribution >= 0.6 is 11.8 Å². The Balaban J connectivity index is 1.81. The van der Waals surface area contributed by atoms with Gasteiger partial charge in [-0.05, 0) is 12.5 Å². The highest BCUT2D eigenvalue weighted by Crippen LogP contribution is 2.41. The second-order valence-corrected chi connectivity index (χ2v) is 8.08. The number of aliphatic hydroxyl groups is 2. The maximum Gasteiger partial charge on any atom is 0.417 e. The van der Waals surface area contributed by atoms with Gasteiger partial charge in [-0.3, -0.25) is 4.99 Å². The van der Waals surface area contributed by atoms with Crippen molar-refractivity contribution in [2.75, 3.05) is 14.1 Å². The number of halogens is 3. The lowest BCUT2D eigenvalue weighted by Crippen LogP contribution is -2.61. The summed E-state index contributed by atoms with van der Waals surface area (Å²) in [4.78, 5) is 5.93. The van der Waals surface area contributed by atoms with Crippen LogP contribution in [-0.4, -0.2) is 76.4 Å². The molecular weight excluding hydrogens is 397 g/mol. The van der Waals surface area contributed by atoms with E-state index >= 15 is 0 Å². The van der Waals surface area contributed by atoms with Crippen LogP contribution in [0.5, 0.6) is 0 Å². The first-order valence-electron chi connectivity index (χ1n) is 8.80. The van der Waals surface area contributed by atoms with E-state index in [4.69, 9.17) is 9.47 Å². The maximum absolute atomic E-state index is 13.8. The fourth-order valence-electron chi connectivity index (χ4n) is 3.20. The summed E-state index contributed by atoms with van der Waals surface area (Å²) in [5, 5.41) is 21.3. The lowest BCUT2D eigenvalue weighted by molar-refractivity contribution is -0.293. The number of aliphatic hydroxyl groups excluding tert-OH is 2. The summed E-state index contributed by atoms with van der Waals surface area (Å²) in [6.45, 7) is 1.50. The molecule has 2 aliphatic heterocycles. The van der Waals surface area contributed by atoms with Gasteiger partial charge in [0.15, 0.2) is 11.3 Å². The zero-order valence-corrected chi connectivity index (χ0v) is 16.4. The average molecular weight is 420 g/mol. The van der Waals surface area contributed by atoms with Gasteiger partial charge in [-0.1, -0.05) is 42.1 Å². The number of aliphatic imine (C=N–C) groups is 1. The summed E-state index contributed by atoms with van der Waals surface area (Å²) in [5.41, 5.74) is -0.268. The molecule has 7 atom stereocenters. The third kappa shape index (κ3) is 4.30. The Morgan fingerprint density at radius 1 is 1.18 bits per heavy atom. The van der Waals surface area contributed by atoms with Crippen molar-refractivity contribution in [1.29, 1.82) is 0 Å². The van der Waals surface area contributed by atoms with Gasteiger partial charge in [-0.2, -0.15) is 13.2 Å². The van der Waals surface area contributed by atoms with Crippen LogP contribution in [0.2, 0.25) is 0 Å². The van der Waals surface area contributed by atoms with E-state index in [9.17, 15) is 23.4 Å². The van der Waals surface area contributed by atoms with Crippen LogP contribution < -0.4 is 0 Å². The second kappa shape index (κ2) is 8.19. The Labute approximate surface area is 165 Å². The van der Waals surface area contributed by atoms with Crippen LogP contribution in [-0.2, 0) is 9.47 Å². The van der Waals surface area contributed by atoms with E-state index in [1.54, 1.807) is 49.3 Å². The number of hydrogen-bond donors (Lipinski definition) is 2. The van der Waals surface area contributed by atoms with Gasteiger partial charge < -0.3 is 24.6 Å². The topological polar surface area (TPSA) is 74.5 Å². The molecule has 0 aromatic heterocycles. The highest BCUT2D eigenvalue weighted by atomic mass is 32.2. The number of rotatable bonds is 4. The van der Waals surface area contributed by atoms with Crippen LogP contribution in [0.1, 0.15) is 18.6 Å². The van der Waals surface area contributed by atoms with E-state index in [0.29, 0.717) is 10.7 Å². The van der Waals surface area contributed by atoms with Crippen molar-refractivity contribution in [3.63, 3.8) is 0 Å². The van der Waals surface area contributed by atoms with Crippen molar-refractivity contribution in [2.24, 2.45) is 4.99 Å². The smallest absolute Gasteiger partial charge is 0.388 e. The van der Waals surface area contributed by atoms with E-state index in [-0.39, 0.29) is 0 Å². The summed E-state index contributed by atoms with van der Waals surface area (Å²) in [6, 6.07) is 7.63. The van der Waals surface area contributed by atoms with Crippen LogP contribution in [0.4, 0.5) is 13.2 Å². The number of thioether (sulfide) groups is 1. The first-order chi connectivity index (χ1) is 13.1. The molecular formula is C18H23F3N2O4S. The molecule has 1 aromatic rings. The standard InChI is InChI=1S/C18H23F3N2O4S/c1-9(10-7-5-4-6-8-10)26-15(18(19,20)21)14-13(25)12(24)11-16(27-14)28-17(22-11)23(2)3/h4-9,11-16,24-25H,1-3H3/t9-,11-,12-,13+,14?,15-,16-/m1/s1. The van der Waals surface area contributed by atoms with Crippen molar-refractivity contribution < 1.29 is 32.9 Å². The van der Waals surface area contributed by atoms with Gasteiger partial charge in [0.25, 0.3) is 0 Å². The Hall–Kier alpha value is -1.33. The fourth-order valence-corrected chi connectivity index (χ4v) is 4.35. The van der Waals surface area contributed by atoms with E-state index < -0.39 is 48.2 Å². The molecule has 1 saturated heterocycles. The zero-order chi connectivity index (χ0) is 20.6. The van der Waals surface area contributed by atoms with Gasteiger partial charge in [0.05, 0.1) is 6.10 Å². The van der Waals surface area contributed by atoms with Crippen molar-refractivity contribution in [1.82, 2.24) is 4.90 Å². The minimum Gasteiger partial charge on any atom is -0.388 e. The quantitative estimate of drug-likeness (QED) is 0.778. The molecule has 0 radical (unpaired) electrons. The molecule has 2 N–H and O–H groups in total. The molecule has 0 bridgehead atoms. The van der Waals surface area contributed by atoms with Crippen molar-refractivity contribution >= 4 is 16.9 Å². The number of hydrogen-bond acceptors (Lipinski definition) is 7. The zero-order valence-electron chi connectivity index (χ0n) is 15.6. The van der Waals surface area contributed by atoms with Crippen LogP contribution in [0.25, 0.3) is 0 Å². The number of fused-ring (bicyclic) bond motifs is 1. The lowest BCUT2D eigenvalue weighted by Gasteiger charge is -2.42. The van der Waals surface area contributed by atoms with Crippen LogP contribution in [0.3, 0.4) is 0 Å². The Kier molecular flexibility index (Phi) is 6.26. The molecule has 156 valence electrons. The van der Waals surface area contributed by atoms with Crippen molar-refractivity contribution in [2.45, 2.75) is 55.1 Å². The minimum absolute atomic E-state index is 0.518. The minimum atomic E-state index is -4.80. The lowest BCUT2D eigenvalue weighted by atomic mass is 9.94. The molecule has 2 aliphatic rings. The van der Waals surface area contributed by atoms with Crippen LogP contribution in [0.15, 0.2) is 35.3 Å². The number of alkyl halides is 3. The van der Waals surface area contributed by atoms with Crippen LogP contribution in [0, 0.1) is 0 Å². The predicted molar refractivity (Wildman–Crippen MR) is 99.0 cm³/mol. The van der Waals surface area contributed by atoms with Crippen molar-refractivity contribution in [3.8, 4) is 0 Å². The van der Waals surface area contributed by atoms with E-state index in [1.807, 2.05) is 0 Å². The number of nitrogens with zero attached hydrogens (tertiary/aromatic N) is 2. The Morgan fingerprint density at radius 3 is 2.39 bits per heavy atom. The monoisotopic (exact) mass is 420 g/mol. The molecule has 1 fully saturated rings. The molecule has 6 nitrogen and oxygen atoms in total. The van der Waals surface area contributed by atoms with Crippen molar-refractivity contribution in [3.05, 3.63) is 35.9 Å². The third-order valence-electron chi connectivity index (χ3n) is 4.71. The molecule has 0 saturated carbocycles. The molecule has 1 unspecified atom stereocenters. The highest BCUT2D eigenvalue weighted by Gasteiger charge is 2.57.